The normalized spacial score (nSPS) is 10.3. The van der Waals surface area contributed by atoms with Crippen LogP contribution in [-0.4, -0.2) is 18.6 Å². The van der Waals surface area contributed by atoms with E-state index in [4.69, 9.17) is 0 Å². The molecule has 0 fully saturated rings. The molecule has 0 amide bonds. The summed E-state index contributed by atoms with van der Waals surface area (Å²) in [6.07, 6.45) is 3.73. The summed E-state index contributed by atoms with van der Waals surface area (Å²) in [5, 5.41) is 3.28. The fourth-order valence-electron chi connectivity index (χ4n) is 1.94. The van der Waals surface area contributed by atoms with Gasteiger partial charge in [0.2, 0.25) is 0 Å². The average Bonchev–Trinajstić information content (AvgIpc) is 2.39. The Hall–Kier alpha value is -1.55. The third kappa shape index (κ3) is 3.96. The van der Waals surface area contributed by atoms with Gasteiger partial charge in [0, 0.05) is 24.6 Å². The third-order valence-electron chi connectivity index (χ3n) is 2.85. The summed E-state index contributed by atoms with van der Waals surface area (Å²) in [4.78, 5) is 6.46. The van der Waals surface area contributed by atoms with Crippen molar-refractivity contribution in [3.8, 4) is 0 Å². The van der Waals surface area contributed by atoms with Crippen LogP contribution in [0.25, 0.3) is 0 Å². The summed E-state index contributed by atoms with van der Waals surface area (Å²) >= 11 is 3.50. The van der Waals surface area contributed by atoms with E-state index in [1.807, 2.05) is 18.5 Å². The van der Waals surface area contributed by atoms with E-state index < -0.39 is 0 Å². The molecule has 2 rings (SSSR count). The van der Waals surface area contributed by atoms with Gasteiger partial charge in [0.05, 0.1) is 23.8 Å². The molecule has 0 aliphatic rings. The van der Waals surface area contributed by atoms with Gasteiger partial charge in [0.25, 0.3) is 0 Å². The third-order valence-corrected chi connectivity index (χ3v) is 3.35. The topological polar surface area (TPSA) is 28.2 Å². The second-order valence-electron chi connectivity index (χ2n) is 4.45. The Labute approximate surface area is 122 Å². The molecular formula is C15H18BrN3. The van der Waals surface area contributed by atoms with Crippen LogP contribution in [0, 0.1) is 0 Å². The SMILES string of the molecule is CCNc1cncc(N(C)Cc2cccc(Br)c2)c1. The Kier molecular flexibility index (Phi) is 4.80. The minimum Gasteiger partial charge on any atom is -0.384 e. The lowest BCUT2D eigenvalue weighted by Crippen LogP contribution is -2.16. The Bertz CT molecular complexity index is 542. The highest BCUT2D eigenvalue weighted by molar-refractivity contribution is 9.10. The number of nitrogens with zero attached hydrogens (tertiary/aromatic N) is 2. The van der Waals surface area contributed by atoms with E-state index in [2.05, 4.69) is 69.4 Å². The van der Waals surface area contributed by atoms with Crippen molar-refractivity contribution in [1.29, 1.82) is 0 Å². The van der Waals surface area contributed by atoms with Crippen molar-refractivity contribution in [2.75, 3.05) is 23.8 Å². The second-order valence-corrected chi connectivity index (χ2v) is 5.36. The number of aromatic nitrogens is 1. The lowest BCUT2D eigenvalue weighted by atomic mass is 10.2. The van der Waals surface area contributed by atoms with Crippen molar-refractivity contribution >= 4 is 27.3 Å². The van der Waals surface area contributed by atoms with Gasteiger partial charge in [-0.1, -0.05) is 28.1 Å². The minimum atomic E-state index is 0.858. The van der Waals surface area contributed by atoms with E-state index >= 15 is 0 Å². The van der Waals surface area contributed by atoms with E-state index in [1.54, 1.807) is 0 Å². The summed E-state index contributed by atoms with van der Waals surface area (Å²) < 4.78 is 1.11. The molecule has 0 bridgehead atoms. The summed E-state index contributed by atoms with van der Waals surface area (Å²) in [7, 11) is 2.08. The van der Waals surface area contributed by atoms with E-state index in [1.165, 1.54) is 5.56 Å². The van der Waals surface area contributed by atoms with Crippen molar-refractivity contribution in [1.82, 2.24) is 4.98 Å². The van der Waals surface area contributed by atoms with E-state index in [9.17, 15) is 0 Å². The van der Waals surface area contributed by atoms with Crippen molar-refractivity contribution in [3.63, 3.8) is 0 Å². The number of hydrogen-bond acceptors (Lipinski definition) is 3. The first-order chi connectivity index (χ1) is 9.19. The van der Waals surface area contributed by atoms with E-state index in [0.29, 0.717) is 0 Å². The number of benzene rings is 1. The molecule has 1 heterocycles. The van der Waals surface area contributed by atoms with Crippen LogP contribution in [0.2, 0.25) is 0 Å². The average molecular weight is 320 g/mol. The smallest absolute Gasteiger partial charge is 0.0573 e. The summed E-state index contributed by atoms with van der Waals surface area (Å²) in [5.74, 6) is 0. The number of rotatable bonds is 5. The molecule has 0 spiro atoms. The van der Waals surface area contributed by atoms with Crippen molar-refractivity contribution in [2.24, 2.45) is 0 Å². The fraction of sp³-hybridized carbons (Fsp3) is 0.267. The van der Waals surface area contributed by atoms with Crippen LogP contribution in [0.15, 0.2) is 47.2 Å². The number of hydrogen-bond donors (Lipinski definition) is 1. The summed E-state index contributed by atoms with van der Waals surface area (Å²) in [6.45, 7) is 3.84. The standard InChI is InChI=1S/C15H18BrN3/c1-3-18-14-8-15(10-17-9-14)19(2)11-12-5-4-6-13(16)7-12/h4-10,18H,3,11H2,1-2H3. The molecule has 0 aliphatic carbocycles. The zero-order valence-corrected chi connectivity index (χ0v) is 12.8. The van der Waals surface area contributed by atoms with Gasteiger partial charge < -0.3 is 10.2 Å². The zero-order chi connectivity index (χ0) is 13.7. The molecule has 0 unspecified atom stereocenters. The number of nitrogens with one attached hydrogen (secondary N) is 1. The molecule has 1 aromatic carbocycles. The van der Waals surface area contributed by atoms with Crippen LogP contribution in [0.5, 0.6) is 0 Å². The maximum atomic E-state index is 4.27. The quantitative estimate of drug-likeness (QED) is 0.905. The van der Waals surface area contributed by atoms with Crippen LogP contribution in [0.3, 0.4) is 0 Å². The molecule has 4 heteroatoms. The highest BCUT2D eigenvalue weighted by Crippen LogP contribution is 2.19. The second kappa shape index (κ2) is 6.57. The van der Waals surface area contributed by atoms with Gasteiger partial charge in [0.15, 0.2) is 0 Å². The van der Waals surface area contributed by atoms with Gasteiger partial charge in [-0.25, -0.2) is 0 Å². The van der Waals surface area contributed by atoms with Gasteiger partial charge in [-0.2, -0.15) is 0 Å². The predicted octanol–water partition coefficient (Wildman–Crippen LogP) is 3.91. The van der Waals surface area contributed by atoms with E-state index in [0.717, 1.165) is 28.9 Å². The maximum Gasteiger partial charge on any atom is 0.0573 e. The summed E-state index contributed by atoms with van der Waals surface area (Å²) in [5.41, 5.74) is 3.44. The van der Waals surface area contributed by atoms with Crippen LogP contribution in [0.1, 0.15) is 12.5 Å². The van der Waals surface area contributed by atoms with Crippen molar-refractivity contribution in [3.05, 3.63) is 52.8 Å². The Morgan fingerprint density at radius 1 is 1.26 bits per heavy atom. The number of pyridine rings is 1. The zero-order valence-electron chi connectivity index (χ0n) is 11.2. The lowest BCUT2D eigenvalue weighted by Gasteiger charge is -2.20. The van der Waals surface area contributed by atoms with Crippen LogP contribution in [0.4, 0.5) is 11.4 Å². The molecule has 0 aliphatic heterocycles. The molecular weight excluding hydrogens is 302 g/mol. The van der Waals surface area contributed by atoms with Crippen molar-refractivity contribution in [2.45, 2.75) is 13.5 Å². The van der Waals surface area contributed by atoms with Gasteiger partial charge in [-0.15, -0.1) is 0 Å². The van der Waals surface area contributed by atoms with Gasteiger partial charge in [0.1, 0.15) is 0 Å². The van der Waals surface area contributed by atoms with Gasteiger partial charge >= 0.3 is 0 Å². The van der Waals surface area contributed by atoms with E-state index in [-0.39, 0.29) is 0 Å². The van der Waals surface area contributed by atoms with Gasteiger partial charge in [-0.3, -0.25) is 4.98 Å². The molecule has 1 aromatic heterocycles. The summed E-state index contributed by atoms with van der Waals surface area (Å²) in [6, 6.07) is 10.5. The van der Waals surface area contributed by atoms with Gasteiger partial charge in [-0.05, 0) is 30.7 Å². The highest BCUT2D eigenvalue weighted by atomic mass is 79.9. The minimum absolute atomic E-state index is 0.858. The number of anilines is 2. The van der Waals surface area contributed by atoms with Crippen LogP contribution < -0.4 is 10.2 Å². The highest BCUT2D eigenvalue weighted by Gasteiger charge is 2.04. The molecule has 1 N–H and O–H groups in total. The van der Waals surface area contributed by atoms with Crippen LogP contribution in [-0.2, 0) is 6.54 Å². The molecule has 0 saturated carbocycles. The first-order valence-corrected chi connectivity index (χ1v) is 7.13. The molecule has 100 valence electrons. The Morgan fingerprint density at radius 2 is 2.11 bits per heavy atom. The molecule has 2 aromatic rings. The molecule has 3 nitrogen and oxygen atoms in total. The molecule has 0 radical (unpaired) electrons. The van der Waals surface area contributed by atoms with Crippen LogP contribution >= 0.6 is 15.9 Å². The Morgan fingerprint density at radius 3 is 2.84 bits per heavy atom. The largest absolute Gasteiger partial charge is 0.384 e. The molecule has 19 heavy (non-hydrogen) atoms. The first kappa shape index (κ1) is 13.9. The first-order valence-electron chi connectivity index (χ1n) is 6.33. The Balaban J connectivity index is 2.11. The molecule has 0 saturated heterocycles. The fourth-order valence-corrected chi connectivity index (χ4v) is 2.38. The monoisotopic (exact) mass is 319 g/mol. The maximum absolute atomic E-state index is 4.27. The lowest BCUT2D eigenvalue weighted by molar-refractivity contribution is 0.917. The number of halogens is 1. The predicted molar refractivity (Wildman–Crippen MR) is 84.6 cm³/mol. The van der Waals surface area contributed by atoms with Crippen molar-refractivity contribution < 1.29 is 0 Å². The molecule has 0 atom stereocenters.